The Hall–Kier alpha value is -3.09. The molecule has 0 radical (unpaired) electrons. The molecule has 0 fully saturated rings. The number of carbonyl (C=O) groups is 1. The van der Waals surface area contributed by atoms with E-state index in [-0.39, 0.29) is 18.3 Å². The van der Waals surface area contributed by atoms with E-state index in [9.17, 15) is 4.79 Å². The van der Waals surface area contributed by atoms with Crippen molar-refractivity contribution in [3.05, 3.63) is 99.9 Å². The number of nitrogens with zero attached hydrogens (tertiary/aromatic N) is 1. The fourth-order valence-electron chi connectivity index (χ4n) is 2.68. The monoisotopic (exact) mass is 424 g/mol. The van der Waals surface area contributed by atoms with Gasteiger partial charge < -0.3 is 9.15 Å². The van der Waals surface area contributed by atoms with E-state index >= 15 is 0 Å². The zero-order chi connectivity index (χ0) is 20.1. The number of nitrogens with one attached hydrogen (secondary N) is 1. The third-order valence-corrected chi connectivity index (χ3v) is 5.39. The number of carbonyl (C=O) groups excluding carboxylic acids is 1. The van der Waals surface area contributed by atoms with E-state index < -0.39 is 0 Å². The molecule has 2 heterocycles. The fourth-order valence-corrected chi connectivity index (χ4v) is 3.72. The number of rotatable bonds is 7. The first-order valence-corrected chi connectivity index (χ1v) is 10.1. The number of aromatic nitrogens is 1. The molecule has 0 saturated heterocycles. The van der Waals surface area contributed by atoms with Crippen molar-refractivity contribution >= 4 is 34.0 Å². The molecule has 1 amide bonds. The summed E-state index contributed by atoms with van der Waals surface area (Å²) in [5, 5.41) is 3.99. The summed E-state index contributed by atoms with van der Waals surface area (Å²) >= 11 is 7.61. The zero-order valence-electron chi connectivity index (χ0n) is 15.3. The molecule has 1 N–H and O–H groups in total. The lowest BCUT2D eigenvalue weighted by Crippen LogP contribution is -2.10. The highest BCUT2D eigenvalue weighted by Crippen LogP contribution is 2.25. The van der Waals surface area contributed by atoms with Crippen LogP contribution in [-0.2, 0) is 13.0 Å². The Morgan fingerprint density at radius 3 is 2.69 bits per heavy atom. The molecule has 0 bridgehead atoms. The van der Waals surface area contributed by atoms with Crippen LogP contribution >= 0.6 is 22.9 Å². The van der Waals surface area contributed by atoms with Crippen molar-refractivity contribution < 1.29 is 13.9 Å². The normalized spacial score (nSPS) is 10.7. The molecule has 0 aliphatic rings. The number of benzene rings is 2. The van der Waals surface area contributed by atoms with Crippen molar-refractivity contribution in [3.63, 3.8) is 0 Å². The Morgan fingerprint density at radius 2 is 1.86 bits per heavy atom. The van der Waals surface area contributed by atoms with Crippen molar-refractivity contribution in [2.45, 2.75) is 13.0 Å². The summed E-state index contributed by atoms with van der Waals surface area (Å²) in [5.74, 6) is 1.16. The molecule has 5 nitrogen and oxygen atoms in total. The minimum absolute atomic E-state index is 0.208. The number of ether oxygens (including phenoxy) is 1. The molecule has 0 saturated carbocycles. The van der Waals surface area contributed by atoms with Crippen LogP contribution in [0, 0.1) is 0 Å². The van der Waals surface area contributed by atoms with Gasteiger partial charge in [0.2, 0.25) is 0 Å². The number of hydrogen-bond acceptors (Lipinski definition) is 5. The summed E-state index contributed by atoms with van der Waals surface area (Å²) in [6.45, 7) is 0.247. The lowest BCUT2D eigenvalue weighted by molar-refractivity contribution is 0.0992. The summed E-state index contributed by atoms with van der Waals surface area (Å²) in [6.07, 6.45) is 2.40. The molecule has 4 rings (SSSR count). The SMILES string of the molecule is O=C(Nc1ncc(Cc2ccccc2Cl)s1)c1ccc(COc2ccccc2)o1. The van der Waals surface area contributed by atoms with Gasteiger partial charge in [-0.25, -0.2) is 4.98 Å². The van der Waals surface area contributed by atoms with Gasteiger partial charge in [0.1, 0.15) is 18.1 Å². The highest BCUT2D eigenvalue weighted by molar-refractivity contribution is 7.15. The third-order valence-electron chi connectivity index (χ3n) is 4.11. The van der Waals surface area contributed by atoms with Crippen LogP contribution in [0.1, 0.15) is 26.8 Å². The van der Waals surface area contributed by atoms with E-state index in [2.05, 4.69) is 10.3 Å². The Labute approximate surface area is 176 Å². The molecule has 0 aliphatic carbocycles. The maximum absolute atomic E-state index is 12.4. The van der Waals surface area contributed by atoms with Crippen LogP contribution < -0.4 is 10.1 Å². The second kappa shape index (κ2) is 8.94. The van der Waals surface area contributed by atoms with E-state index in [1.165, 1.54) is 11.3 Å². The molecule has 0 unspecified atom stereocenters. The highest BCUT2D eigenvalue weighted by atomic mass is 35.5. The van der Waals surface area contributed by atoms with Gasteiger partial charge in [-0.1, -0.05) is 48.0 Å². The minimum Gasteiger partial charge on any atom is -0.486 e. The zero-order valence-corrected chi connectivity index (χ0v) is 16.9. The van der Waals surface area contributed by atoms with E-state index in [0.29, 0.717) is 22.3 Å². The number of para-hydroxylation sites is 1. The van der Waals surface area contributed by atoms with Crippen molar-refractivity contribution in [1.29, 1.82) is 0 Å². The van der Waals surface area contributed by atoms with Gasteiger partial charge in [-0.05, 0) is 35.9 Å². The van der Waals surface area contributed by atoms with Crippen LogP contribution in [0.25, 0.3) is 0 Å². The largest absolute Gasteiger partial charge is 0.486 e. The predicted octanol–water partition coefficient (Wildman–Crippen LogP) is 5.81. The number of furan rings is 1. The van der Waals surface area contributed by atoms with Crippen LogP contribution in [0.5, 0.6) is 5.75 Å². The molecule has 2 aromatic heterocycles. The average Bonchev–Trinajstić information content (AvgIpc) is 3.39. The van der Waals surface area contributed by atoms with E-state index in [0.717, 1.165) is 16.2 Å². The van der Waals surface area contributed by atoms with Gasteiger partial charge in [0.15, 0.2) is 10.9 Å². The molecule has 29 heavy (non-hydrogen) atoms. The quantitative estimate of drug-likeness (QED) is 0.406. The van der Waals surface area contributed by atoms with Crippen LogP contribution in [0.3, 0.4) is 0 Å². The summed E-state index contributed by atoms with van der Waals surface area (Å²) in [5.41, 5.74) is 1.02. The van der Waals surface area contributed by atoms with Crippen LogP contribution in [0.4, 0.5) is 5.13 Å². The minimum atomic E-state index is -0.352. The van der Waals surface area contributed by atoms with Crippen molar-refractivity contribution in [2.75, 3.05) is 5.32 Å². The third kappa shape index (κ3) is 5.04. The number of amides is 1. The first kappa shape index (κ1) is 19.2. The maximum atomic E-state index is 12.4. The highest BCUT2D eigenvalue weighted by Gasteiger charge is 2.14. The van der Waals surface area contributed by atoms with Gasteiger partial charge in [0, 0.05) is 22.5 Å². The molecule has 4 aromatic rings. The number of halogens is 1. The number of hydrogen-bond donors (Lipinski definition) is 1. The molecule has 2 aromatic carbocycles. The molecular formula is C22H17ClN2O3S. The van der Waals surface area contributed by atoms with Crippen LogP contribution in [-0.4, -0.2) is 10.9 Å². The lowest BCUT2D eigenvalue weighted by atomic mass is 10.1. The lowest BCUT2D eigenvalue weighted by Gasteiger charge is -2.03. The van der Waals surface area contributed by atoms with Crippen molar-refractivity contribution in [1.82, 2.24) is 4.98 Å². The first-order chi connectivity index (χ1) is 14.2. The van der Waals surface area contributed by atoms with Gasteiger partial charge >= 0.3 is 0 Å². The first-order valence-electron chi connectivity index (χ1n) is 8.93. The topological polar surface area (TPSA) is 64.4 Å². The molecule has 0 aliphatic heterocycles. The Balaban J connectivity index is 1.34. The molecule has 0 atom stereocenters. The fraction of sp³-hybridized carbons (Fsp3) is 0.0909. The van der Waals surface area contributed by atoms with Gasteiger partial charge in [-0.2, -0.15) is 0 Å². The predicted molar refractivity (Wildman–Crippen MR) is 114 cm³/mol. The molecule has 146 valence electrons. The van der Waals surface area contributed by atoms with E-state index in [1.54, 1.807) is 18.3 Å². The van der Waals surface area contributed by atoms with Crippen LogP contribution in [0.2, 0.25) is 5.02 Å². The second-order valence-electron chi connectivity index (χ2n) is 6.22. The summed E-state index contributed by atoms with van der Waals surface area (Å²) in [6, 6.07) is 20.4. The van der Waals surface area contributed by atoms with E-state index in [4.69, 9.17) is 20.8 Å². The van der Waals surface area contributed by atoms with Gasteiger partial charge in [-0.3, -0.25) is 10.1 Å². The summed E-state index contributed by atoms with van der Waals surface area (Å²) in [4.78, 5) is 17.7. The van der Waals surface area contributed by atoms with E-state index in [1.807, 2.05) is 54.6 Å². The second-order valence-corrected chi connectivity index (χ2v) is 7.74. The molecular weight excluding hydrogens is 408 g/mol. The Kier molecular flexibility index (Phi) is 5.93. The molecule has 0 spiro atoms. The van der Waals surface area contributed by atoms with Gasteiger partial charge in [0.05, 0.1) is 0 Å². The van der Waals surface area contributed by atoms with Crippen LogP contribution in [0.15, 0.2) is 77.3 Å². The molecule has 7 heteroatoms. The smallest absolute Gasteiger partial charge is 0.293 e. The van der Waals surface area contributed by atoms with Gasteiger partial charge in [-0.15, -0.1) is 11.3 Å². The Morgan fingerprint density at radius 1 is 1.07 bits per heavy atom. The summed E-state index contributed by atoms with van der Waals surface area (Å²) < 4.78 is 11.2. The maximum Gasteiger partial charge on any atom is 0.293 e. The Bertz CT molecular complexity index is 1110. The van der Waals surface area contributed by atoms with Gasteiger partial charge in [0.25, 0.3) is 5.91 Å². The number of anilines is 1. The summed E-state index contributed by atoms with van der Waals surface area (Å²) in [7, 11) is 0. The van der Waals surface area contributed by atoms with Crippen molar-refractivity contribution in [2.24, 2.45) is 0 Å². The van der Waals surface area contributed by atoms with Crippen molar-refractivity contribution in [3.8, 4) is 5.75 Å². The number of thiazole rings is 1. The standard InChI is InChI=1S/C22H17ClN2O3S/c23-19-9-5-4-6-15(19)12-18-13-24-22(29-18)25-21(26)20-11-10-17(28-20)14-27-16-7-2-1-3-8-16/h1-11,13H,12,14H2,(H,24,25,26). The average molecular weight is 425 g/mol.